The molecule has 1 N–H and O–H groups in total. The molecule has 2 heterocycles. The van der Waals surface area contributed by atoms with E-state index in [2.05, 4.69) is 21.7 Å². The van der Waals surface area contributed by atoms with Gasteiger partial charge >= 0.3 is 0 Å². The number of nitrogens with one attached hydrogen (secondary N) is 1. The van der Waals surface area contributed by atoms with Gasteiger partial charge in [0.2, 0.25) is 0 Å². The van der Waals surface area contributed by atoms with Gasteiger partial charge in [0.1, 0.15) is 5.75 Å². The number of nitrogens with zero attached hydrogens (tertiary/aromatic N) is 2. The highest BCUT2D eigenvalue weighted by atomic mass is 32.2. The van der Waals surface area contributed by atoms with Gasteiger partial charge in [-0.3, -0.25) is 10.1 Å². The molecule has 0 spiro atoms. The predicted molar refractivity (Wildman–Crippen MR) is 118 cm³/mol. The number of hydrogen-bond acceptors (Lipinski definition) is 6. The molecule has 31 heavy (non-hydrogen) atoms. The first-order valence-electron chi connectivity index (χ1n) is 9.70. The van der Waals surface area contributed by atoms with Crippen molar-refractivity contribution in [1.29, 1.82) is 0 Å². The summed E-state index contributed by atoms with van der Waals surface area (Å²) < 4.78 is 30.8. The fourth-order valence-corrected chi connectivity index (χ4v) is 4.52. The topological polar surface area (TPSA) is 103 Å². The number of nitro benzene ring substituents is 1. The molecule has 0 bridgehead atoms. The Morgan fingerprint density at radius 2 is 2.06 bits per heavy atom. The molecule has 0 saturated carbocycles. The lowest BCUT2D eigenvalue weighted by atomic mass is 10.0. The minimum absolute atomic E-state index is 0.0938. The van der Waals surface area contributed by atoms with Gasteiger partial charge in [0, 0.05) is 24.9 Å². The van der Waals surface area contributed by atoms with Crippen molar-refractivity contribution in [2.75, 3.05) is 25.2 Å². The van der Waals surface area contributed by atoms with Crippen LogP contribution in [-0.4, -0.2) is 37.8 Å². The van der Waals surface area contributed by atoms with Crippen molar-refractivity contribution in [2.45, 2.75) is 24.3 Å². The Morgan fingerprint density at radius 1 is 1.26 bits per heavy atom. The summed E-state index contributed by atoms with van der Waals surface area (Å²) in [6.07, 6.45) is 3.01. The second-order valence-electron chi connectivity index (χ2n) is 7.34. The molecule has 0 unspecified atom stereocenters. The van der Waals surface area contributed by atoms with Gasteiger partial charge in [0.25, 0.3) is 5.69 Å². The lowest BCUT2D eigenvalue weighted by Crippen LogP contribution is -2.09. The minimum atomic E-state index is -3.33. The fraction of sp³-hybridized carbons (Fsp3) is 0.273. The number of aromatic nitrogens is 1. The normalized spacial score (nSPS) is 12.8. The van der Waals surface area contributed by atoms with E-state index in [1.807, 2.05) is 6.07 Å². The van der Waals surface area contributed by atoms with E-state index in [0.29, 0.717) is 23.4 Å². The van der Waals surface area contributed by atoms with Crippen LogP contribution in [0, 0.1) is 22.0 Å². The summed E-state index contributed by atoms with van der Waals surface area (Å²) >= 11 is 0. The van der Waals surface area contributed by atoms with Crippen molar-refractivity contribution in [1.82, 2.24) is 4.57 Å². The summed E-state index contributed by atoms with van der Waals surface area (Å²) in [4.78, 5) is 11.2. The number of aryl methyl sites for hydroxylation is 2. The lowest BCUT2D eigenvalue weighted by molar-refractivity contribution is -0.383. The number of ether oxygens (including phenoxy) is 1. The molecule has 0 radical (unpaired) electrons. The number of benzene rings is 2. The van der Waals surface area contributed by atoms with E-state index in [9.17, 15) is 18.5 Å². The number of non-ortho nitro benzene ring substituents is 1. The molecule has 2 aromatic carbocycles. The molecule has 0 fully saturated rings. The van der Waals surface area contributed by atoms with Crippen LogP contribution in [0.4, 0.5) is 11.4 Å². The molecule has 1 aromatic heterocycles. The van der Waals surface area contributed by atoms with Gasteiger partial charge < -0.3 is 14.6 Å². The summed E-state index contributed by atoms with van der Waals surface area (Å²) in [6, 6.07) is 9.81. The first-order valence-corrected chi connectivity index (χ1v) is 11.6. The second-order valence-corrected chi connectivity index (χ2v) is 9.35. The maximum atomic E-state index is 11.7. The Morgan fingerprint density at radius 3 is 2.77 bits per heavy atom. The first-order chi connectivity index (χ1) is 14.8. The first kappa shape index (κ1) is 20.8. The van der Waals surface area contributed by atoms with Crippen molar-refractivity contribution in [3.8, 4) is 17.6 Å². The van der Waals surface area contributed by atoms with Gasteiger partial charge in [-0.15, -0.1) is 0 Å². The van der Waals surface area contributed by atoms with E-state index in [4.69, 9.17) is 4.74 Å². The van der Waals surface area contributed by atoms with Crippen molar-refractivity contribution in [3.63, 3.8) is 0 Å². The van der Waals surface area contributed by atoms with Gasteiger partial charge in [-0.05, 0) is 42.5 Å². The Hall–Kier alpha value is -3.51. The number of anilines is 1. The predicted octanol–water partition coefficient (Wildman–Crippen LogP) is 3.37. The van der Waals surface area contributed by atoms with Crippen LogP contribution in [-0.2, 0) is 22.8 Å². The fourth-order valence-electron chi connectivity index (χ4n) is 3.89. The molecule has 9 heteroatoms. The van der Waals surface area contributed by atoms with Crippen LogP contribution in [0.2, 0.25) is 0 Å². The van der Waals surface area contributed by atoms with Crippen LogP contribution in [0.1, 0.15) is 17.7 Å². The average Bonchev–Trinajstić information content (AvgIpc) is 3.10. The summed E-state index contributed by atoms with van der Waals surface area (Å²) in [5.74, 6) is 6.57. The van der Waals surface area contributed by atoms with E-state index in [1.54, 1.807) is 18.2 Å². The Bertz CT molecular complexity index is 1360. The minimum Gasteiger partial charge on any atom is -0.495 e. The van der Waals surface area contributed by atoms with Crippen molar-refractivity contribution < 1.29 is 18.1 Å². The molecular formula is C22H21N3O5S. The Balaban J connectivity index is 1.60. The molecule has 0 aliphatic carbocycles. The maximum Gasteiger partial charge on any atom is 0.278 e. The summed E-state index contributed by atoms with van der Waals surface area (Å²) in [7, 11) is -1.86. The average molecular weight is 439 g/mol. The zero-order valence-electron chi connectivity index (χ0n) is 17.1. The summed E-state index contributed by atoms with van der Waals surface area (Å²) in [6.45, 7) is 1.07. The van der Waals surface area contributed by atoms with E-state index in [-0.39, 0.29) is 15.5 Å². The highest BCUT2D eigenvalue weighted by molar-refractivity contribution is 7.90. The zero-order valence-corrected chi connectivity index (χ0v) is 18.0. The van der Waals surface area contributed by atoms with Gasteiger partial charge in [-0.25, -0.2) is 8.42 Å². The molecule has 1 aliphatic rings. The third-order valence-corrected chi connectivity index (χ3v) is 6.44. The molecule has 1 aliphatic heterocycles. The standard InChI is InChI=1S/C22H21N3O5S/c1-30-21-14-17(31(2,28)29)8-9-19(21)23-11-3-6-16-13-18-20(25(26)27)10-7-15-5-4-12-24(16)22(15)18/h7-10,13-14,23H,4-5,11-12H2,1-2H3. The zero-order chi connectivity index (χ0) is 22.2. The largest absolute Gasteiger partial charge is 0.495 e. The SMILES string of the molecule is COc1cc(S(C)(=O)=O)ccc1NCC#Cc1cc2c([N+](=O)[O-])ccc3c2n1CCC3. The summed E-state index contributed by atoms with van der Waals surface area (Å²) in [5.41, 5.74) is 3.47. The van der Waals surface area contributed by atoms with Crippen LogP contribution in [0.5, 0.6) is 5.75 Å². The van der Waals surface area contributed by atoms with Crippen LogP contribution < -0.4 is 10.1 Å². The highest BCUT2D eigenvalue weighted by Gasteiger charge is 2.22. The third-order valence-electron chi connectivity index (χ3n) is 5.33. The number of sulfone groups is 1. The van der Waals surface area contributed by atoms with Crippen LogP contribution in [0.15, 0.2) is 41.3 Å². The van der Waals surface area contributed by atoms with Crippen molar-refractivity contribution in [2.24, 2.45) is 0 Å². The van der Waals surface area contributed by atoms with E-state index >= 15 is 0 Å². The van der Waals surface area contributed by atoms with Crippen LogP contribution in [0.3, 0.4) is 0 Å². The quantitative estimate of drug-likeness (QED) is 0.371. The molecule has 0 atom stereocenters. The molecular weight excluding hydrogens is 418 g/mol. The second kappa shape index (κ2) is 7.96. The smallest absolute Gasteiger partial charge is 0.278 e. The Kier molecular flexibility index (Phi) is 5.33. The number of rotatable bonds is 5. The summed E-state index contributed by atoms with van der Waals surface area (Å²) in [5, 5.41) is 15.2. The molecule has 8 nitrogen and oxygen atoms in total. The van der Waals surface area contributed by atoms with Crippen molar-refractivity contribution >= 4 is 32.1 Å². The third kappa shape index (κ3) is 3.94. The number of nitro groups is 1. The van der Waals surface area contributed by atoms with E-state index in [0.717, 1.165) is 42.4 Å². The monoisotopic (exact) mass is 439 g/mol. The van der Waals surface area contributed by atoms with Gasteiger partial charge in [0.05, 0.1) is 45.8 Å². The molecule has 160 valence electrons. The highest BCUT2D eigenvalue weighted by Crippen LogP contribution is 2.34. The van der Waals surface area contributed by atoms with Crippen molar-refractivity contribution in [3.05, 3.63) is 57.8 Å². The van der Waals surface area contributed by atoms with E-state index < -0.39 is 9.84 Å². The molecule has 0 saturated heterocycles. The molecule has 3 aromatic rings. The number of hydrogen-bond donors (Lipinski definition) is 1. The van der Waals surface area contributed by atoms with Crippen LogP contribution in [0.25, 0.3) is 10.9 Å². The van der Waals surface area contributed by atoms with E-state index in [1.165, 1.54) is 19.2 Å². The maximum absolute atomic E-state index is 11.7. The van der Waals surface area contributed by atoms with Crippen LogP contribution >= 0.6 is 0 Å². The lowest BCUT2D eigenvalue weighted by Gasteiger charge is -2.16. The molecule has 0 amide bonds. The van der Waals surface area contributed by atoms with Gasteiger partial charge in [-0.2, -0.15) is 0 Å². The molecule has 4 rings (SSSR count). The Labute approximate surface area is 179 Å². The number of methoxy groups -OCH3 is 1. The van der Waals surface area contributed by atoms with Gasteiger partial charge in [-0.1, -0.05) is 12.0 Å². The van der Waals surface area contributed by atoms with Gasteiger partial charge in [0.15, 0.2) is 9.84 Å².